The molecule has 0 amide bonds. The molecular weight excluding hydrogens is 264 g/mol. The number of carbonyl (C=O) groups excluding carboxylic acids is 1. The average Bonchev–Trinajstić information content (AvgIpc) is 2.90. The first kappa shape index (κ1) is 17.9. The molecule has 0 spiro atoms. The molecule has 1 rings (SSSR count). The summed E-state index contributed by atoms with van der Waals surface area (Å²) in [7, 11) is 0. The molecular formula is C17H32N2O2. The molecule has 0 aromatic heterocycles. The van der Waals surface area contributed by atoms with Crippen LogP contribution in [0.3, 0.4) is 0 Å². The van der Waals surface area contributed by atoms with Crippen molar-refractivity contribution < 1.29 is 9.53 Å². The van der Waals surface area contributed by atoms with Crippen molar-refractivity contribution in [3.05, 3.63) is 12.4 Å². The highest BCUT2D eigenvalue weighted by Crippen LogP contribution is 2.14. The van der Waals surface area contributed by atoms with E-state index in [1.54, 1.807) is 0 Å². The lowest BCUT2D eigenvalue weighted by molar-refractivity contribution is -0.152. The standard InChI is InChI=1S/C17H32N2O2/c1-4-5-6-7-8-9-10-11-12-18-13-14-19(15-18)16(2)21-17(3)20/h13-14,16H,4-12,15H2,1-3H3. The van der Waals surface area contributed by atoms with Gasteiger partial charge in [-0.3, -0.25) is 4.79 Å². The van der Waals surface area contributed by atoms with Crippen molar-refractivity contribution in [2.75, 3.05) is 13.2 Å². The zero-order chi connectivity index (χ0) is 15.5. The Kier molecular flexibility index (Phi) is 8.95. The predicted octanol–water partition coefficient (Wildman–Crippen LogP) is 4.08. The van der Waals surface area contributed by atoms with Gasteiger partial charge >= 0.3 is 5.97 Å². The SMILES string of the molecule is CCCCCCCCCCN1C=CN(C(C)OC(C)=O)C1. The largest absolute Gasteiger partial charge is 0.442 e. The maximum Gasteiger partial charge on any atom is 0.304 e. The van der Waals surface area contributed by atoms with Crippen molar-refractivity contribution in [1.29, 1.82) is 0 Å². The van der Waals surface area contributed by atoms with Gasteiger partial charge in [-0.25, -0.2) is 0 Å². The molecule has 0 aliphatic carbocycles. The summed E-state index contributed by atoms with van der Waals surface area (Å²) in [6.45, 7) is 7.54. The Balaban J connectivity index is 2.00. The highest BCUT2D eigenvalue weighted by Gasteiger charge is 2.18. The molecule has 0 bridgehead atoms. The van der Waals surface area contributed by atoms with E-state index in [-0.39, 0.29) is 12.2 Å². The second kappa shape index (κ2) is 10.5. The molecule has 4 nitrogen and oxygen atoms in total. The van der Waals surface area contributed by atoms with E-state index in [2.05, 4.69) is 18.0 Å². The van der Waals surface area contributed by atoms with Crippen LogP contribution < -0.4 is 0 Å². The molecule has 1 unspecified atom stereocenters. The van der Waals surface area contributed by atoms with Crippen LogP contribution >= 0.6 is 0 Å². The summed E-state index contributed by atoms with van der Waals surface area (Å²) in [5, 5.41) is 0. The van der Waals surface area contributed by atoms with Crippen molar-refractivity contribution in [3.63, 3.8) is 0 Å². The van der Waals surface area contributed by atoms with Gasteiger partial charge in [0.15, 0.2) is 6.23 Å². The van der Waals surface area contributed by atoms with E-state index in [0.29, 0.717) is 0 Å². The third kappa shape index (κ3) is 7.98. The van der Waals surface area contributed by atoms with Gasteiger partial charge in [0.1, 0.15) is 0 Å². The Labute approximate surface area is 130 Å². The first-order valence-corrected chi connectivity index (χ1v) is 8.49. The van der Waals surface area contributed by atoms with Gasteiger partial charge in [-0.2, -0.15) is 0 Å². The van der Waals surface area contributed by atoms with E-state index in [0.717, 1.165) is 13.2 Å². The van der Waals surface area contributed by atoms with E-state index in [1.807, 2.05) is 18.0 Å². The second-order valence-electron chi connectivity index (χ2n) is 5.95. The zero-order valence-electron chi connectivity index (χ0n) is 14.0. The molecule has 1 atom stereocenters. The summed E-state index contributed by atoms with van der Waals surface area (Å²) in [4.78, 5) is 15.3. The maximum absolute atomic E-state index is 10.9. The van der Waals surface area contributed by atoms with Gasteiger partial charge in [0, 0.05) is 25.9 Å². The molecule has 0 saturated heterocycles. The predicted molar refractivity (Wildman–Crippen MR) is 86.4 cm³/mol. The Hall–Kier alpha value is -1.19. The number of rotatable bonds is 11. The number of unbranched alkanes of at least 4 members (excludes halogenated alkanes) is 7. The normalized spacial score (nSPS) is 15.6. The van der Waals surface area contributed by atoms with Crippen LogP contribution in [-0.4, -0.2) is 35.2 Å². The molecule has 1 aliphatic heterocycles. The van der Waals surface area contributed by atoms with E-state index in [9.17, 15) is 4.79 Å². The fourth-order valence-electron chi connectivity index (χ4n) is 2.62. The molecule has 0 radical (unpaired) electrons. The van der Waals surface area contributed by atoms with E-state index >= 15 is 0 Å². The number of hydrogen-bond acceptors (Lipinski definition) is 4. The fourth-order valence-corrected chi connectivity index (χ4v) is 2.62. The van der Waals surface area contributed by atoms with Crippen molar-refractivity contribution in [3.8, 4) is 0 Å². The lowest BCUT2D eigenvalue weighted by Crippen LogP contribution is -2.35. The minimum absolute atomic E-state index is 0.178. The van der Waals surface area contributed by atoms with E-state index in [4.69, 9.17) is 4.74 Å². The van der Waals surface area contributed by atoms with Crippen LogP contribution in [0, 0.1) is 0 Å². The molecule has 122 valence electrons. The summed E-state index contributed by atoms with van der Waals surface area (Å²) in [6.07, 6.45) is 14.7. The quantitative estimate of drug-likeness (QED) is 0.425. The summed E-state index contributed by atoms with van der Waals surface area (Å²) >= 11 is 0. The molecule has 0 fully saturated rings. The number of esters is 1. The highest BCUT2D eigenvalue weighted by atomic mass is 16.6. The van der Waals surface area contributed by atoms with Crippen LogP contribution in [-0.2, 0) is 9.53 Å². The van der Waals surface area contributed by atoms with Crippen molar-refractivity contribution in [2.24, 2.45) is 0 Å². The van der Waals surface area contributed by atoms with Crippen LogP contribution in [0.2, 0.25) is 0 Å². The average molecular weight is 296 g/mol. The fraction of sp³-hybridized carbons (Fsp3) is 0.824. The smallest absolute Gasteiger partial charge is 0.304 e. The van der Waals surface area contributed by atoms with Crippen LogP contribution in [0.5, 0.6) is 0 Å². The molecule has 0 aromatic carbocycles. The van der Waals surface area contributed by atoms with Crippen LogP contribution in [0.15, 0.2) is 12.4 Å². The van der Waals surface area contributed by atoms with Crippen LogP contribution in [0.4, 0.5) is 0 Å². The number of ether oxygens (including phenoxy) is 1. The summed E-state index contributed by atoms with van der Waals surface area (Å²) < 4.78 is 5.18. The van der Waals surface area contributed by atoms with Crippen molar-refractivity contribution in [2.45, 2.75) is 78.4 Å². The summed E-state index contributed by atoms with van der Waals surface area (Å²) in [6, 6.07) is 0. The van der Waals surface area contributed by atoms with E-state index < -0.39 is 0 Å². The zero-order valence-corrected chi connectivity index (χ0v) is 14.0. The molecule has 21 heavy (non-hydrogen) atoms. The second-order valence-corrected chi connectivity index (χ2v) is 5.95. The lowest BCUT2D eigenvalue weighted by Gasteiger charge is -2.26. The topological polar surface area (TPSA) is 32.8 Å². The van der Waals surface area contributed by atoms with Gasteiger partial charge in [0.25, 0.3) is 0 Å². The first-order chi connectivity index (χ1) is 10.1. The van der Waals surface area contributed by atoms with Gasteiger partial charge in [0.05, 0.1) is 6.67 Å². The molecule has 0 saturated carbocycles. The van der Waals surface area contributed by atoms with Gasteiger partial charge in [-0.1, -0.05) is 51.9 Å². The van der Waals surface area contributed by atoms with E-state index in [1.165, 1.54) is 58.3 Å². The summed E-state index contributed by atoms with van der Waals surface area (Å²) in [5.74, 6) is -0.225. The molecule has 1 heterocycles. The molecule has 4 heteroatoms. The van der Waals surface area contributed by atoms with Gasteiger partial charge < -0.3 is 14.5 Å². The van der Waals surface area contributed by atoms with Crippen LogP contribution in [0.1, 0.15) is 72.1 Å². The van der Waals surface area contributed by atoms with Gasteiger partial charge in [-0.15, -0.1) is 0 Å². The third-order valence-corrected chi connectivity index (χ3v) is 3.92. The highest BCUT2D eigenvalue weighted by molar-refractivity contribution is 5.66. The number of hydrogen-bond donors (Lipinski definition) is 0. The minimum Gasteiger partial charge on any atom is -0.442 e. The Morgan fingerprint density at radius 3 is 2.33 bits per heavy atom. The van der Waals surface area contributed by atoms with Crippen molar-refractivity contribution in [1.82, 2.24) is 9.80 Å². The minimum atomic E-state index is -0.225. The van der Waals surface area contributed by atoms with Crippen molar-refractivity contribution >= 4 is 5.97 Å². The Morgan fingerprint density at radius 1 is 1.10 bits per heavy atom. The van der Waals surface area contributed by atoms with Gasteiger partial charge in [-0.05, 0) is 13.3 Å². The number of carbonyl (C=O) groups is 1. The summed E-state index contributed by atoms with van der Waals surface area (Å²) in [5.41, 5.74) is 0. The Morgan fingerprint density at radius 2 is 1.71 bits per heavy atom. The van der Waals surface area contributed by atoms with Gasteiger partial charge in [0.2, 0.25) is 0 Å². The number of nitrogens with zero attached hydrogens (tertiary/aromatic N) is 2. The monoisotopic (exact) mass is 296 g/mol. The molecule has 0 N–H and O–H groups in total. The Bertz CT molecular complexity index is 318. The molecule has 1 aliphatic rings. The van der Waals surface area contributed by atoms with Crippen LogP contribution in [0.25, 0.3) is 0 Å². The maximum atomic E-state index is 10.9. The molecule has 0 aromatic rings. The lowest BCUT2D eigenvalue weighted by atomic mass is 10.1. The third-order valence-electron chi connectivity index (χ3n) is 3.92. The first-order valence-electron chi connectivity index (χ1n) is 8.49.